The maximum absolute atomic E-state index is 14.0. The van der Waals surface area contributed by atoms with Crippen molar-refractivity contribution in [3.8, 4) is 0 Å². The summed E-state index contributed by atoms with van der Waals surface area (Å²) < 4.78 is 47.2. The van der Waals surface area contributed by atoms with Gasteiger partial charge < -0.3 is 10.1 Å². The molecule has 1 aliphatic rings. The number of methoxy groups -OCH3 is 1. The average Bonchev–Trinajstić information content (AvgIpc) is 3.19. The molecule has 1 aromatic heterocycles. The van der Waals surface area contributed by atoms with Crippen molar-refractivity contribution in [1.29, 1.82) is 0 Å². The zero-order valence-corrected chi connectivity index (χ0v) is 16.2. The Morgan fingerprint density at radius 2 is 2.18 bits per heavy atom. The van der Waals surface area contributed by atoms with Crippen LogP contribution in [-0.4, -0.2) is 67.0 Å². The summed E-state index contributed by atoms with van der Waals surface area (Å²) >= 11 is 0. The van der Waals surface area contributed by atoms with Gasteiger partial charge in [-0.3, -0.25) is 4.79 Å². The fourth-order valence-electron chi connectivity index (χ4n) is 3.06. The molecule has 2 heterocycles. The zero-order valence-electron chi connectivity index (χ0n) is 15.4. The number of carbonyl (C=O) groups excluding carboxylic acids is 1. The number of rotatable bonds is 7. The molecule has 1 saturated heterocycles. The summed E-state index contributed by atoms with van der Waals surface area (Å²) in [5, 5.41) is 10.5. The van der Waals surface area contributed by atoms with E-state index in [9.17, 15) is 17.6 Å². The van der Waals surface area contributed by atoms with E-state index in [0.717, 1.165) is 6.07 Å². The third-order valence-corrected chi connectivity index (χ3v) is 6.42. The number of nitrogens with zero attached hydrogens (tertiary/aromatic N) is 4. The van der Waals surface area contributed by atoms with E-state index in [4.69, 9.17) is 4.74 Å². The maximum atomic E-state index is 14.0. The van der Waals surface area contributed by atoms with Gasteiger partial charge >= 0.3 is 0 Å². The lowest BCUT2D eigenvalue weighted by Gasteiger charge is -2.31. The van der Waals surface area contributed by atoms with Crippen LogP contribution < -0.4 is 5.32 Å². The number of hydrogen-bond donors (Lipinski definition) is 1. The van der Waals surface area contributed by atoms with Crippen LogP contribution in [0.4, 0.5) is 4.39 Å². The molecule has 1 unspecified atom stereocenters. The number of ether oxygens (including phenoxy) is 1. The molecule has 1 N–H and O–H groups in total. The van der Waals surface area contributed by atoms with Crippen LogP contribution in [0.25, 0.3) is 0 Å². The molecule has 1 aliphatic heterocycles. The largest absolute Gasteiger partial charge is 0.383 e. The highest BCUT2D eigenvalue weighted by Gasteiger charge is 2.33. The van der Waals surface area contributed by atoms with Gasteiger partial charge in [0.05, 0.1) is 18.8 Å². The van der Waals surface area contributed by atoms with Crippen LogP contribution >= 0.6 is 0 Å². The summed E-state index contributed by atoms with van der Waals surface area (Å²) in [4.78, 5) is 11.7. The third kappa shape index (κ3) is 4.37. The van der Waals surface area contributed by atoms with Gasteiger partial charge in [0.15, 0.2) is 5.69 Å². The Bertz CT molecular complexity index is 933. The first kappa shape index (κ1) is 20.4. The Hall–Kier alpha value is -2.37. The molecule has 1 aromatic carbocycles. The number of hydrogen-bond acceptors (Lipinski definition) is 6. The van der Waals surface area contributed by atoms with E-state index in [1.54, 1.807) is 0 Å². The lowest BCUT2D eigenvalue weighted by molar-refractivity contribution is 0.0932. The van der Waals surface area contributed by atoms with Crippen molar-refractivity contribution in [3.05, 3.63) is 42.0 Å². The van der Waals surface area contributed by atoms with Crippen molar-refractivity contribution in [2.75, 3.05) is 33.4 Å². The smallest absolute Gasteiger partial charge is 0.273 e. The minimum atomic E-state index is -3.95. The van der Waals surface area contributed by atoms with E-state index in [-0.39, 0.29) is 29.1 Å². The quantitative estimate of drug-likeness (QED) is 0.676. The number of carbonyl (C=O) groups is 1. The van der Waals surface area contributed by atoms with Crippen LogP contribution in [0.2, 0.25) is 0 Å². The zero-order chi connectivity index (χ0) is 20.1. The number of benzene rings is 1. The van der Waals surface area contributed by atoms with Crippen LogP contribution in [-0.2, 0) is 14.8 Å². The minimum absolute atomic E-state index is 0.130. The van der Waals surface area contributed by atoms with Crippen molar-refractivity contribution < 1.29 is 22.3 Å². The number of halogens is 1. The van der Waals surface area contributed by atoms with Crippen LogP contribution in [0.15, 0.2) is 35.4 Å². The molecule has 0 spiro atoms. The van der Waals surface area contributed by atoms with Gasteiger partial charge in [-0.2, -0.15) is 4.31 Å². The molecule has 1 atom stereocenters. The maximum Gasteiger partial charge on any atom is 0.273 e. The summed E-state index contributed by atoms with van der Waals surface area (Å²) in [6.45, 7) is 1.16. The van der Waals surface area contributed by atoms with E-state index in [2.05, 4.69) is 15.6 Å². The van der Waals surface area contributed by atoms with Gasteiger partial charge in [-0.25, -0.2) is 17.5 Å². The van der Waals surface area contributed by atoms with E-state index in [0.29, 0.717) is 32.5 Å². The van der Waals surface area contributed by atoms with Crippen LogP contribution in [0, 0.1) is 5.82 Å². The Morgan fingerprint density at radius 1 is 1.39 bits per heavy atom. The fraction of sp³-hybridized carbons (Fsp3) is 0.471. The lowest BCUT2D eigenvalue weighted by atomic mass is 10.1. The molecule has 0 radical (unpaired) electrons. The summed E-state index contributed by atoms with van der Waals surface area (Å²) in [6, 6.07) is 5.03. The summed E-state index contributed by atoms with van der Waals surface area (Å²) in [6.07, 6.45) is 2.76. The number of nitrogens with one attached hydrogen (secondary N) is 1. The van der Waals surface area contributed by atoms with Gasteiger partial charge in [0.2, 0.25) is 10.0 Å². The molecule has 9 nitrogen and oxygen atoms in total. The molecule has 3 rings (SSSR count). The lowest BCUT2D eigenvalue weighted by Crippen LogP contribution is -2.41. The van der Waals surface area contributed by atoms with E-state index >= 15 is 0 Å². The third-order valence-electron chi connectivity index (χ3n) is 4.52. The molecule has 0 aliphatic carbocycles. The van der Waals surface area contributed by atoms with Gasteiger partial charge in [-0.15, -0.1) is 5.10 Å². The average molecular weight is 411 g/mol. The molecule has 0 saturated carbocycles. The first-order chi connectivity index (χ1) is 13.4. The first-order valence-corrected chi connectivity index (χ1v) is 10.3. The van der Waals surface area contributed by atoms with E-state index < -0.39 is 15.8 Å². The summed E-state index contributed by atoms with van der Waals surface area (Å²) in [5.74, 6) is -1.16. The van der Waals surface area contributed by atoms with Crippen molar-refractivity contribution in [1.82, 2.24) is 24.6 Å². The van der Waals surface area contributed by atoms with Crippen molar-refractivity contribution >= 4 is 15.9 Å². The molecule has 1 fully saturated rings. The highest BCUT2D eigenvalue weighted by atomic mass is 32.2. The molecule has 152 valence electrons. The van der Waals surface area contributed by atoms with E-state index in [1.165, 1.54) is 40.5 Å². The van der Waals surface area contributed by atoms with Gasteiger partial charge in [0.1, 0.15) is 10.7 Å². The Morgan fingerprint density at radius 3 is 2.93 bits per heavy atom. The number of piperidine rings is 1. The monoisotopic (exact) mass is 411 g/mol. The topological polar surface area (TPSA) is 106 Å². The van der Waals surface area contributed by atoms with E-state index in [1.807, 2.05) is 0 Å². The number of amides is 1. The Labute approximate surface area is 162 Å². The van der Waals surface area contributed by atoms with Crippen LogP contribution in [0.3, 0.4) is 0 Å². The highest BCUT2D eigenvalue weighted by Crippen LogP contribution is 2.27. The Balaban J connectivity index is 1.72. The number of aromatic nitrogens is 3. The van der Waals surface area contributed by atoms with Crippen molar-refractivity contribution in [3.63, 3.8) is 0 Å². The molecule has 2 aromatic rings. The minimum Gasteiger partial charge on any atom is -0.383 e. The second-order valence-corrected chi connectivity index (χ2v) is 8.33. The Kier molecular flexibility index (Phi) is 6.37. The van der Waals surface area contributed by atoms with Crippen molar-refractivity contribution in [2.45, 2.75) is 23.8 Å². The second-order valence-electron chi connectivity index (χ2n) is 6.42. The normalized spacial score (nSPS) is 18.1. The molecule has 0 bridgehead atoms. The van der Waals surface area contributed by atoms with Gasteiger partial charge in [-0.05, 0) is 25.0 Å². The second kappa shape index (κ2) is 8.76. The molecular formula is C17H22FN5O4S. The van der Waals surface area contributed by atoms with Crippen LogP contribution in [0.5, 0.6) is 0 Å². The summed E-state index contributed by atoms with van der Waals surface area (Å²) in [7, 11) is -2.42. The van der Waals surface area contributed by atoms with Crippen LogP contribution in [0.1, 0.15) is 29.4 Å². The fourth-order valence-corrected chi connectivity index (χ4v) is 4.65. The number of sulfonamides is 1. The molecule has 1 amide bonds. The van der Waals surface area contributed by atoms with Gasteiger partial charge in [0, 0.05) is 26.7 Å². The summed E-state index contributed by atoms with van der Waals surface area (Å²) in [5.41, 5.74) is 0.144. The first-order valence-electron chi connectivity index (χ1n) is 8.87. The standard InChI is InChI=1S/C17H22FN5O4S/c1-27-10-8-19-17(24)15-12-23(21-20-15)13-5-4-9-22(11-13)28(25,26)16-7-3-2-6-14(16)18/h2-3,6-7,12-13H,4-5,8-11H2,1H3,(H,19,24). The predicted molar refractivity (Wildman–Crippen MR) is 97.7 cm³/mol. The van der Waals surface area contributed by atoms with Crippen molar-refractivity contribution in [2.24, 2.45) is 0 Å². The SMILES string of the molecule is COCCNC(=O)c1cn(C2CCCN(S(=O)(=O)c3ccccc3F)C2)nn1. The molecule has 11 heteroatoms. The van der Waals surface area contributed by atoms with Gasteiger partial charge in [-0.1, -0.05) is 17.3 Å². The predicted octanol–water partition coefficient (Wildman–Crippen LogP) is 0.819. The molecular weight excluding hydrogens is 389 g/mol. The highest BCUT2D eigenvalue weighted by molar-refractivity contribution is 7.89. The molecule has 28 heavy (non-hydrogen) atoms. The van der Waals surface area contributed by atoms with Gasteiger partial charge in [0.25, 0.3) is 5.91 Å².